The molecule has 23 heavy (non-hydrogen) atoms. The summed E-state index contributed by atoms with van der Waals surface area (Å²) in [5.74, 6) is 1.36. The molecule has 0 unspecified atom stereocenters. The van der Waals surface area contributed by atoms with Crippen LogP contribution in [0.2, 0.25) is 0 Å². The minimum absolute atomic E-state index is 0.563. The van der Waals surface area contributed by atoms with Crippen molar-refractivity contribution in [3.8, 4) is 10.6 Å². The molecule has 0 atom stereocenters. The number of aromatic nitrogens is 3. The Kier molecular flexibility index (Phi) is 3.88. The first-order valence-electron chi connectivity index (χ1n) is 7.97. The van der Waals surface area contributed by atoms with Gasteiger partial charge in [-0.3, -0.25) is 5.10 Å². The fourth-order valence-electron chi connectivity index (χ4n) is 3.02. The number of hydrogen-bond acceptors (Lipinski definition) is 6. The Morgan fingerprint density at radius 2 is 2.09 bits per heavy atom. The van der Waals surface area contributed by atoms with E-state index in [-0.39, 0.29) is 0 Å². The second-order valence-electron chi connectivity index (χ2n) is 5.82. The lowest BCUT2D eigenvalue weighted by atomic mass is 10.3. The zero-order valence-electron chi connectivity index (χ0n) is 12.9. The Hall–Kier alpha value is -2.12. The smallest absolute Gasteiger partial charge is 0.160 e. The van der Waals surface area contributed by atoms with E-state index in [0.717, 1.165) is 39.7 Å². The molecule has 6 nitrogen and oxygen atoms in total. The van der Waals surface area contributed by atoms with Crippen LogP contribution in [0.5, 0.6) is 0 Å². The van der Waals surface area contributed by atoms with Gasteiger partial charge in [0.15, 0.2) is 5.82 Å². The van der Waals surface area contributed by atoms with Gasteiger partial charge in [0.2, 0.25) is 0 Å². The van der Waals surface area contributed by atoms with Gasteiger partial charge in [-0.05, 0) is 38.1 Å². The number of fused-ring (bicyclic) bond motifs is 1. The molecule has 0 aliphatic carbocycles. The molecule has 4 rings (SSSR count). The average molecular weight is 328 g/mol. The van der Waals surface area contributed by atoms with Crippen molar-refractivity contribution in [3.05, 3.63) is 24.3 Å². The van der Waals surface area contributed by atoms with E-state index in [4.69, 9.17) is 10.7 Å². The molecule has 3 heterocycles. The molecule has 1 aromatic carbocycles. The first kappa shape index (κ1) is 14.5. The lowest BCUT2D eigenvalue weighted by Gasteiger charge is -2.14. The number of aromatic amines is 1. The Balaban J connectivity index is 1.54. The van der Waals surface area contributed by atoms with Gasteiger partial charge >= 0.3 is 0 Å². The third-order valence-corrected chi connectivity index (χ3v) is 5.28. The predicted molar refractivity (Wildman–Crippen MR) is 95.8 cm³/mol. The molecular weight excluding hydrogens is 308 g/mol. The molecule has 0 amide bonds. The van der Waals surface area contributed by atoms with Gasteiger partial charge in [-0.1, -0.05) is 12.1 Å². The minimum atomic E-state index is 0.563. The highest BCUT2D eigenvalue weighted by Gasteiger charge is 2.18. The molecular formula is C16H20N6S. The first-order valence-corrected chi connectivity index (χ1v) is 8.79. The third-order valence-electron chi connectivity index (χ3n) is 4.22. The summed E-state index contributed by atoms with van der Waals surface area (Å²) in [4.78, 5) is 7.16. The van der Waals surface area contributed by atoms with Gasteiger partial charge in [-0.25, -0.2) is 4.98 Å². The van der Waals surface area contributed by atoms with Crippen LogP contribution in [0.1, 0.15) is 12.8 Å². The van der Waals surface area contributed by atoms with Crippen LogP contribution in [0.3, 0.4) is 0 Å². The zero-order valence-corrected chi connectivity index (χ0v) is 13.7. The van der Waals surface area contributed by atoms with Crippen molar-refractivity contribution in [2.24, 2.45) is 0 Å². The molecule has 120 valence electrons. The lowest BCUT2D eigenvalue weighted by Crippen LogP contribution is -2.26. The molecule has 1 fully saturated rings. The van der Waals surface area contributed by atoms with Crippen LogP contribution in [0, 0.1) is 0 Å². The Labute approximate surface area is 138 Å². The van der Waals surface area contributed by atoms with Crippen molar-refractivity contribution in [1.29, 1.82) is 0 Å². The van der Waals surface area contributed by atoms with E-state index in [0.29, 0.717) is 5.82 Å². The first-order chi connectivity index (χ1) is 11.3. The van der Waals surface area contributed by atoms with E-state index in [2.05, 4.69) is 26.5 Å². The lowest BCUT2D eigenvalue weighted by molar-refractivity contribution is 0.352. The van der Waals surface area contributed by atoms with Crippen molar-refractivity contribution < 1.29 is 0 Å². The van der Waals surface area contributed by atoms with Crippen LogP contribution in [-0.2, 0) is 0 Å². The molecule has 1 aliphatic heterocycles. The number of nitrogens with two attached hydrogens (primary N) is 1. The van der Waals surface area contributed by atoms with Gasteiger partial charge in [0.25, 0.3) is 0 Å². The maximum Gasteiger partial charge on any atom is 0.160 e. The zero-order chi connectivity index (χ0) is 15.6. The van der Waals surface area contributed by atoms with Crippen molar-refractivity contribution >= 4 is 33.2 Å². The van der Waals surface area contributed by atoms with E-state index in [9.17, 15) is 0 Å². The number of nitrogens with zero attached hydrogens (tertiary/aromatic N) is 3. The summed E-state index contributed by atoms with van der Waals surface area (Å²) >= 11 is 1.64. The fourth-order valence-corrected chi connectivity index (χ4v) is 4.04. The minimum Gasteiger partial charge on any atom is -0.383 e. The molecule has 7 heteroatoms. The Morgan fingerprint density at radius 3 is 2.91 bits per heavy atom. The molecule has 0 bridgehead atoms. The van der Waals surface area contributed by atoms with Gasteiger partial charge in [-0.2, -0.15) is 5.10 Å². The number of rotatable bonds is 5. The highest BCUT2D eigenvalue weighted by molar-refractivity contribution is 7.21. The van der Waals surface area contributed by atoms with Gasteiger partial charge < -0.3 is 16.0 Å². The molecule has 0 saturated carbocycles. The van der Waals surface area contributed by atoms with Crippen LogP contribution < -0.4 is 11.1 Å². The van der Waals surface area contributed by atoms with Crippen LogP contribution in [0.25, 0.3) is 20.8 Å². The fraction of sp³-hybridized carbons (Fsp3) is 0.375. The quantitative estimate of drug-likeness (QED) is 0.671. The number of nitrogens with one attached hydrogen (secondary N) is 2. The van der Waals surface area contributed by atoms with Gasteiger partial charge in [0, 0.05) is 13.1 Å². The van der Waals surface area contributed by atoms with E-state index in [1.165, 1.54) is 25.9 Å². The van der Waals surface area contributed by atoms with Crippen LogP contribution in [0.15, 0.2) is 24.3 Å². The second-order valence-corrected chi connectivity index (χ2v) is 6.85. The Bertz CT molecular complexity index is 769. The summed E-state index contributed by atoms with van der Waals surface area (Å²) in [7, 11) is 0. The molecule has 0 radical (unpaired) electrons. The highest BCUT2D eigenvalue weighted by atomic mass is 32.1. The normalized spacial score (nSPS) is 15.5. The van der Waals surface area contributed by atoms with Crippen LogP contribution in [-0.4, -0.2) is 46.3 Å². The molecule has 4 N–H and O–H groups in total. The summed E-state index contributed by atoms with van der Waals surface area (Å²) < 4.78 is 1.16. The van der Waals surface area contributed by atoms with E-state index in [1.807, 2.05) is 18.2 Å². The summed E-state index contributed by atoms with van der Waals surface area (Å²) in [5.41, 5.74) is 7.97. The largest absolute Gasteiger partial charge is 0.383 e. The summed E-state index contributed by atoms with van der Waals surface area (Å²) in [6.45, 7) is 4.30. The second kappa shape index (κ2) is 6.17. The molecule has 0 spiro atoms. The number of nitrogen functional groups attached to an aromatic ring is 1. The standard InChI is InChI=1S/C16H20N6S/c17-14-13(16-19-11-5-1-2-6-12(11)23-16)15(21-20-14)18-7-10-22-8-3-4-9-22/h1-2,5-6H,3-4,7-10H2,(H4,17,18,20,21). The molecule has 2 aromatic heterocycles. The van der Waals surface area contributed by atoms with Gasteiger partial charge in [0.05, 0.1) is 15.8 Å². The van der Waals surface area contributed by atoms with E-state index < -0.39 is 0 Å². The highest BCUT2D eigenvalue weighted by Crippen LogP contribution is 2.36. The van der Waals surface area contributed by atoms with Crippen molar-refractivity contribution in [2.75, 3.05) is 37.2 Å². The maximum absolute atomic E-state index is 6.09. The summed E-state index contributed by atoms with van der Waals surface area (Å²) in [6, 6.07) is 8.12. The summed E-state index contributed by atoms with van der Waals surface area (Å²) in [5, 5.41) is 11.5. The third kappa shape index (κ3) is 2.89. The summed E-state index contributed by atoms with van der Waals surface area (Å²) in [6.07, 6.45) is 2.62. The van der Waals surface area contributed by atoms with Gasteiger partial charge in [-0.15, -0.1) is 11.3 Å². The maximum atomic E-state index is 6.09. The number of likely N-dealkylation sites (tertiary alicyclic amines) is 1. The topological polar surface area (TPSA) is 82.9 Å². The van der Waals surface area contributed by atoms with Gasteiger partial charge in [0.1, 0.15) is 10.8 Å². The van der Waals surface area contributed by atoms with Crippen molar-refractivity contribution in [1.82, 2.24) is 20.1 Å². The molecule has 1 aliphatic rings. The Morgan fingerprint density at radius 1 is 1.26 bits per heavy atom. The van der Waals surface area contributed by atoms with E-state index in [1.54, 1.807) is 11.3 Å². The van der Waals surface area contributed by atoms with Crippen LogP contribution in [0.4, 0.5) is 11.6 Å². The van der Waals surface area contributed by atoms with Crippen molar-refractivity contribution in [2.45, 2.75) is 12.8 Å². The monoisotopic (exact) mass is 328 g/mol. The molecule has 1 saturated heterocycles. The predicted octanol–water partition coefficient (Wildman–Crippen LogP) is 2.78. The number of para-hydroxylation sites is 1. The number of benzene rings is 1. The van der Waals surface area contributed by atoms with Crippen molar-refractivity contribution in [3.63, 3.8) is 0 Å². The number of H-pyrrole nitrogens is 1. The number of hydrogen-bond donors (Lipinski definition) is 3. The number of thiazole rings is 1. The van der Waals surface area contributed by atoms with E-state index >= 15 is 0 Å². The average Bonchev–Trinajstić information content (AvgIpc) is 3.27. The molecule has 3 aromatic rings. The van der Waals surface area contributed by atoms with Crippen LogP contribution >= 0.6 is 11.3 Å². The SMILES string of the molecule is Nc1[nH]nc(NCCN2CCCC2)c1-c1nc2ccccc2s1. The number of anilines is 2.